The first kappa shape index (κ1) is 6.99. The lowest BCUT2D eigenvalue weighted by Crippen LogP contribution is -2.05. The van der Waals surface area contributed by atoms with E-state index < -0.39 is 12.1 Å². The van der Waals surface area contributed by atoms with Crippen LogP contribution >= 0.6 is 0 Å². The van der Waals surface area contributed by atoms with E-state index in [1.807, 2.05) is 0 Å². The number of halogens is 1. The van der Waals surface area contributed by atoms with Gasteiger partial charge in [0.1, 0.15) is 6.17 Å². The van der Waals surface area contributed by atoms with E-state index in [1.54, 1.807) is 0 Å². The minimum atomic E-state index is -1.01. The highest BCUT2D eigenvalue weighted by molar-refractivity contribution is 5.90. The summed E-state index contributed by atoms with van der Waals surface area (Å²) in [5.41, 5.74) is 0.175. The Kier molecular flexibility index (Phi) is 1.85. The number of carbonyl (C=O) groups is 1. The summed E-state index contributed by atoms with van der Waals surface area (Å²) in [6.07, 6.45) is 3.09. The summed E-state index contributed by atoms with van der Waals surface area (Å²) in [5.74, 6) is -0.997. The zero-order valence-corrected chi connectivity index (χ0v) is 5.25. The molecule has 54 valence electrons. The molecular formula is C7H7FO2. The van der Waals surface area contributed by atoms with Crippen LogP contribution in [0.1, 0.15) is 6.42 Å². The maximum absolute atomic E-state index is 12.3. The molecule has 0 heterocycles. The van der Waals surface area contributed by atoms with Crippen molar-refractivity contribution in [2.24, 2.45) is 0 Å². The van der Waals surface area contributed by atoms with Gasteiger partial charge >= 0.3 is 5.97 Å². The molecule has 3 heteroatoms. The van der Waals surface area contributed by atoms with E-state index in [1.165, 1.54) is 18.2 Å². The average molecular weight is 142 g/mol. The molecule has 0 saturated carbocycles. The van der Waals surface area contributed by atoms with E-state index in [-0.39, 0.29) is 12.0 Å². The van der Waals surface area contributed by atoms with Crippen molar-refractivity contribution in [3.05, 3.63) is 23.8 Å². The molecule has 0 fully saturated rings. The first-order valence-electron chi connectivity index (χ1n) is 2.96. The van der Waals surface area contributed by atoms with Crippen molar-refractivity contribution in [2.45, 2.75) is 12.6 Å². The summed E-state index contributed by atoms with van der Waals surface area (Å²) in [7, 11) is 0. The molecule has 0 aliphatic heterocycles. The Morgan fingerprint density at radius 1 is 1.80 bits per heavy atom. The second-order valence-electron chi connectivity index (χ2n) is 2.08. The number of allylic oxidation sites excluding steroid dienone is 2. The summed E-state index contributed by atoms with van der Waals surface area (Å²) in [6.45, 7) is 0. The van der Waals surface area contributed by atoms with Crippen molar-refractivity contribution in [1.29, 1.82) is 0 Å². The molecule has 1 aliphatic rings. The van der Waals surface area contributed by atoms with Gasteiger partial charge < -0.3 is 5.11 Å². The zero-order chi connectivity index (χ0) is 7.56. The molecule has 0 bridgehead atoms. The summed E-state index contributed by atoms with van der Waals surface area (Å²) in [6, 6.07) is 0. The Bertz CT molecular complexity index is 206. The topological polar surface area (TPSA) is 37.3 Å². The third kappa shape index (κ3) is 1.43. The van der Waals surface area contributed by atoms with Gasteiger partial charge in [0.15, 0.2) is 0 Å². The number of alkyl halides is 1. The number of hydrogen-bond donors (Lipinski definition) is 1. The van der Waals surface area contributed by atoms with Crippen molar-refractivity contribution in [2.75, 3.05) is 0 Å². The normalized spacial score (nSPS) is 24.1. The van der Waals surface area contributed by atoms with Crippen LogP contribution in [0.15, 0.2) is 23.8 Å². The summed E-state index contributed by atoms with van der Waals surface area (Å²) in [5, 5.41) is 8.38. The predicted molar refractivity (Wildman–Crippen MR) is 34.4 cm³/mol. The van der Waals surface area contributed by atoms with Gasteiger partial charge in [-0.1, -0.05) is 6.08 Å². The molecule has 1 N–H and O–H groups in total. The molecule has 0 spiro atoms. The standard InChI is InChI=1S/C7H7FO2/c8-6-3-1-5(2-4-6)7(9)10/h1-3,6H,4H2,(H,9,10). The molecule has 0 amide bonds. The van der Waals surface area contributed by atoms with Crippen molar-refractivity contribution < 1.29 is 14.3 Å². The lowest BCUT2D eigenvalue weighted by molar-refractivity contribution is -0.132. The monoisotopic (exact) mass is 142 g/mol. The SMILES string of the molecule is O=C(O)C1=CCC(F)C=C1. The fraction of sp³-hybridized carbons (Fsp3) is 0.286. The molecule has 1 rings (SSSR count). The van der Waals surface area contributed by atoms with E-state index in [4.69, 9.17) is 5.11 Å². The Hall–Kier alpha value is -1.12. The lowest BCUT2D eigenvalue weighted by atomic mass is 10.1. The van der Waals surface area contributed by atoms with Crippen LogP contribution in [0.25, 0.3) is 0 Å². The maximum atomic E-state index is 12.3. The van der Waals surface area contributed by atoms with E-state index >= 15 is 0 Å². The van der Waals surface area contributed by atoms with Crippen LogP contribution in [0.5, 0.6) is 0 Å². The molecular weight excluding hydrogens is 135 g/mol. The van der Waals surface area contributed by atoms with Gasteiger partial charge in [0.05, 0.1) is 5.57 Å². The Labute approximate surface area is 57.7 Å². The quantitative estimate of drug-likeness (QED) is 0.599. The van der Waals surface area contributed by atoms with Crippen LogP contribution in [0.3, 0.4) is 0 Å². The second kappa shape index (κ2) is 2.64. The van der Waals surface area contributed by atoms with Crippen molar-refractivity contribution in [1.82, 2.24) is 0 Å². The summed E-state index contributed by atoms with van der Waals surface area (Å²) in [4.78, 5) is 10.2. The highest BCUT2D eigenvalue weighted by Gasteiger charge is 2.10. The minimum Gasteiger partial charge on any atom is -0.478 e. The molecule has 1 atom stereocenters. The van der Waals surface area contributed by atoms with Crippen LogP contribution in [0.4, 0.5) is 4.39 Å². The average Bonchev–Trinajstić information content (AvgIpc) is 1.88. The van der Waals surface area contributed by atoms with Crippen LogP contribution < -0.4 is 0 Å². The first-order valence-corrected chi connectivity index (χ1v) is 2.96. The van der Waals surface area contributed by atoms with Crippen LogP contribution in [0, 0.1) is 0 Å². The third-order valence-electron chi connectivity index (χ3n) is 1.29. The van der Waals surface area contributed by atoms with E-state index in [0.29, 0.717) is 0 Å². The molecule has 1 unspecified atom stereocenters. The highest BCUT2D eigenvalue weighted by atomic mass is 19.1. The Balaban J connectivity index is 2.67. The minimum absolute atomic E-state index is 0.175. The smallest absolute Gasteiger partial charge is 0.335 e. The van der Waals surface area contributed by atoms with Crippen molar-refractivity contribution in [3.63, 3.8) is 0 Å². The molecule has 10 heavy (non-hydrogen) atoms. The van der Waals surface area contributed by atoms with Gasteiger partial charge in [-0.2, -0.15) is 0 Å². The molecule has 2 nitrogen and oxygen atoms in total. The molecule has 0 radical (unpaired) electrons. The van der Waals surface area contributed by atoms with Gasteiger partial charge in [-0.05, 0) is 12.2 Å². The fourth-order valence-corrected chi connectivity index (χ4v) is 0.753. The van der Waals surface area contributed by atoms with Gasteiger partial charge in [-0.15, -0.1) is 0 Å². The number of aliphatic carboxylic acids is 1. The number of carboxylic acids is 1. The largest absolute Gasteiger partial charge is 0.478 e. The van der Waals surface area contributed by atoms with Gasteiger partial charge in [0.2, 0.25) is 0 Å². The molecule has 0 aromatic carbocycles. The van der Waals surface area contributed by atoms with E-state index in [0.717, 1.165) is 0 Å². The second-order valence-corrected chi connectivity index (χ2v) is 2.08. The lowest BCUT2D eigenvalue weighted by Gasteiger charge is -2.04. The first-order chi connectivity index (χ1) is 4.70. The zero-order valence-electron chi connectivity index (χ0n) is 5.25. The van der Waals surface area contributed by atoms with Crippen molar-refractivity contribution in [3.8, 4) is 0 Å². The van der Waals surface area contributed by atoms with E-state index in [2.05, 4.69) is 0 Å². The van der Waals surface area contributed by atoms with E-state index in [9.17, 15) is 9.18 Å². The van der Waals surface area contributed by atoms with Crippen LogP contribution in [0.2, 0.25) is 0 Å². The molecule has 0 saturated heterocycles. The molecule has 0 aromatic heterocycles. The number of carboxylic acid groups (broad SMARTS) is 1. The Morgan fingerprint density at radius 2 is 2.50 bits per heavy atom. The van der Waals surface area contributed by atoms with Gasteiger partial charge in [-0.25, -0.2) is 9.18 Å². The van der Waals surface area contributed by atoms with Crippen molar-refractivity contribution >= 4 is 5.97 Å². The summed E-state index contributed by atoms with van der Waals surface area (Å²) >= 11 is 0. The fourth-order valence-electron chi connectivity index (χ4n) is 0.753. The summed E-state index contributed by atoms with van der Waals surface area (Å²) < 4.78 is 12.3. The predicted octanol–water partition coefficient (Wildman–Crippen LogP) is 1.30. The highest BCUT2D eigenvalue weighted by Crippen LogP contribution is 2.12. The Morgan fingerprint density at radius 3 is 2.90 bits per heavy atom. The van der Waals surface area contributed by atoms with Crippen LogP contribution in [-0.4, -0.2) is 17.2 Å². The molecule has 1 aliphatic carbocycles. The number of rotatable bonds is 1. The van der Waals surface area contributed by atoms with Crippen LogP contribution in [-0.2, 0) is 4.79 Å². The van der Waals surface area contributed by atoms with Gasteiger partial charge in [0.25, 0.3) is 0 Å². The van der Waals surface area contributed by atoms with Gasteiger partial charge in [-0.3, -0.25) is 0 Å². The third-order valence-corrected chi connectivity index (χ3v) is 1.29. The molecule has 0 aromatic rings. The van der Waals surface area contributed by atoms with Gasteiger partial charge in [0, 0.05) is 6.42 Å². The maximum Gasteiger partial charge on any atom is 0.335 e. The number of hydrogen-bond acceptors (Lipinski definition) is 1.